The van der Waals surface area contributed by atoms with Crippen molar-refractivity contribution in [2.45, 2.75) is 51.7 Å². The highest BCUT2D eigenvalue weighted by atomic mass is 16.5. The van der Waals surface area contributed by atoms with Gasteiger partial charge in [0.1, 0.15) is 0 Å². The average Bonchev–Trinajstić information content (AvgIpc) is 2.67. The Balaban J connectivity index is 1.44. The largest absolute Gasteiger partial charge is 0.381 e. The molecule has 0 radical (unpaired) electrons. The molecule has 26 heavy (non-hydrogen) atoms. The fourth-order valence-electron chi connectivity index (χ4n) is 4.05. The Labute approximate surface area is 157 Å². The standard InChI is InChI=1S/C21H33N3O2/c1-16-3-2-10-24(14-16)15-18-6-4-17(5-7-18)13-23-21(25)20(22)19-8-11-26-12-9-19/h4-7,16,19-20H,2-3,8-15,22H2,1H3,(H,23,25). The molecule has 1 amide bonds. The number of carbonyl (C=O) groups excluding carboxylic acids is 1. The van der Waals surface area contributed by atoms with Crippen LogP contribution in [0.1, 0.15) is 43.7 Å². The molecule has 3 rings (SSSR count). The van der Waals surface area contributed by atoms with Gasteiger partial charge in [-0.05, 0) is 55.2 Å². The molecular weight excluding hydrogens is 326 g/mol. The van der Waals surface area contributed by atoms with Crippen molar-refractivity contribution in [1.82, 2.24) is 10.2 Å². The van der Waals surface area contributed by atoms with Crippen LogP contribution in [-0.2, 0) is 22.6 Å². The predicted molar refractivity (Wildman–Crippen MR) is 103 cm³/mol. The van der Waals surface area contributed by atoms with Crippen molar-refractivity contribution in [3.63, 3.8) is 0 Å². The average molecular weight is 360 g/mol. The van der Waals surface area contributed by atoms with Gasteiger partial charge in [-0.3, -0.25) is 9.69 Å². The van der Waals surface area contributed by atoms with Crippen LogP contribution in [0, 0.1) is 11.8 Å². The molecule has 1 aromatic carbocycles. The van der Waals surface area contributed by atoms with Crippen LogP contribution >= 0.6 is 0 Å². The van der Waals surface area contributed by atoms with E-state index in [1.54, 1.807) is 0 Å². The SMILES string of the molecule is CC1CCCN(Cc2ccc(CNC(=O)C(N)C3CCOCC3)cc2)C1. The van der Waals surface area contributed by atoms with Crippen molar-refractivity contribution >= 4 is 5.91 Å². The number of amides is 1. The van der Waals surface area contributed by atoms with Gasteiger partial charge in [0.15, 0.2) is 0 Å². The molecule has 2 unspecified atom stereocenters. The topological polar surface area (TPSA) is 67.6 Å². The molecule has 2 aliphatic heterocycles. The van der Waals surface area contributed by atoms with Crippen LogP contribution in [0.4, 0.5) is 0 Å². The molecule has 0 aromatic heterocycles. The van der Waals surface area contributed by atoms with E-state index in [0.717, 1.165) is 30.9 Å². The molecule has 0 saturated carbocycles. The van der Waals surface area contributed by atoms with Gasteiger partial charge in [-0.1, -0.05) is 31.2 Å². The maximum Gasteiger partial charge on any atom is 0.237 e. The molecule has 1 aromatic rings. The van der Waals surface area contributed by atoms with Gasteiger partial charge in [0.25, 0.3) is 0 Å². The fraction of sp³-hybridized carbons (Fsp3) is 0.667. The summed E-state index contributed by atoms with van der Waals surface area (Å²) < 4.78 is 5.34. The van der Waals surface area contributed by atoms with Gasteiger partial charge in [0.2, 0.25) is 5.91 Å². The summed E-state index contributed by atoms with van der Waals surface area (Å²) >= 11 is 0. The number of rotatable bonds is 6. The number of hydrogen-bond acceptors (Lipinski definition) is 4. The summed E-state index contributed by atoms with van der Waals surface area (Å²) in [5, 5.41) is 2.99. The summed E-state index contributed by atoms with van der Waals surface area (Å²) in [5.74, 6) is 0.986. The Morgan fingerprint density at radius 1 is 1.23 bits per heavy atom. The number of nitrogens with two attached hydrogens (primary N) is 1. The quantitative estimate of drug-likeness (QED) is 0.818. The van der Waals surface area contributed by atoms with Crippen molar-refractivity contribution in [2.75, 3.05) is 26.3 Å². The summed E-state index contributed by atoms with van der Waals surface area (Å²) in [7, 11) is 0. The lowest BCUT2D eigenvalue weighted by Gasteiger charge is -2.30. The molecular formula is C21H33N3O2. The normalized spacial score (nSPS) is 23.5. The van der Waals surface area contributed by atoms with E-state index < -0.39 is 6.04 Å². The Bertz CT molecular complexity index is 569. The third kappa shape index (κ3) is 5.53. The Morgan fingerprint density at radius 3 is 2.62 bits per heavy atom. The molecule has 3 N–H and O–H groups in total. The van der Waals surface area contributed by atoms with E-state index in [1.807, 2.05) is 0 Å². The molecule has 2 saturated heterocycles. The Hall–Kier alpha value is -1.43. The number of benzene rings is 1. The molecule has 2 heterocycles. The van der Waals surface area contributed by atoms with Crippen molar-refractivity contribution < 1.29 is 9.53 Å². The highest BCUT2D eigenvalue weighted by molar-refractivity contribution is 5.81. The fourth-order valence-corrected chi connectivity index (χ4v) is 4.05. The summed E-state index contributed by atoms with van der Waals surface area (Å²) in [6.45, 7) is 7.71. The first-order chi connectivity index (χ1) is 12.6. The lowest BCUT2D eigenvalue weighted by Crippen LogP contribution is -2.46. The Kier molecular flexibility index (Phi) is 7.06. The van der Waals surface area contributed by atoms with Crippen LogP contribution in [0.25, 0.3) is 0 Å². The maximum atomic E-state index is 12.3. The van der Waals surface area contributed by atoms with Gasteiger partial charge in [-0.2, -0.15) is 0 Å². The highest BCUT2D eigenvalue weighted by Crippen LogP contribution is 2.19. The molecule has 5 heteroatoms. The van der Waals surface area contributed by atoms with Crippen LogP contribution in [0.5, 0.6) is 0 Å². The minimum atomic E-state index is -0.431. The summed E-state index contributed by atoms with van der Waals surface area (Å²) in [6, 6.07) is 8.16. The number of nitrogens with zero attached hydrogens (tertiary/aromatic N) is 1. The van der Waals surface area contributed by atoms with Crippen molar-refractivity contribution in [3.05, 3.63) is 35.4 Å². The second-order valence-corrected chi connectivity index (χ2v) is 7.99. The second kappa shape index (κ2) is 9.49. The number of likely N-dealkylation sites (tertiary alicyclic amines) is 1. The maximum absolute atomic E-state index is 12.3. The van der Waals surface area contributed by atoms with Crippen molar-refractivity contribution in [1.29, 1.82) is 0 Å². The van der Waals surface area contributed by atoms with Gasteiger partial charge in [-0.15, -0.1) is 0 Å². The highest BCUT2D eigenvalue weighted by Gasteiger charge is 2.26. The lowest BCUT2D eigenvalue weighted by molar-refractivity contribution is -0.124. The molecule has 144 valence electrons. The first-order valence-electron chi connectivity index (χ1n) is 10.0. The van der Waals surface area contributed by atoms with E-state index in [4.69, 9.17) is 10.5 Å². The minimum Gasteiger partial charge on any atom is -0.381 e. The second-order valence-electron chi connectivity index (χ2n) is 7.99. The number of piperidine rings is 1. The van der Waals surface area contributed by atoms with Crippen molar-refractivity contribution in [2.24, 2.45) is 17.6 Å². The third-order valence-corrected chi connectivity index (χ3v) is 5.71. The van der Waals surface area contributed by atoms with Gasteiger partial charge in [0, 0.05) is 32.8 Å². The minimum absolute atomic E-state index is 0.0525. The van der Waals surface area contributed by atoms with Gasteiger partial charge in [-0.25, -0.2) is 0 Å². The molecule has 5 nitrogen and oxygen atoms in total. The Morgan fingerprint density at radius 2 is 1.92 bits per heavy atom. The zero-order chi connectivity index (χ0) is 18.4. The number of ether oxygens (including phenoxy) is 1. The third-order valence-electron chi connectivity index (χ3n) is 5.71. The first kappa shape index (κ1) is 19.3. The number of hydrogen-bond donors (Lipinski definition) is 2. The predicted octanol–water partition coefficient (Wildman–Crippen LogP) is 2.29. The molecule has 0 spiro atoms. The van der Waals surface area contributed by atoms with E-state index in [2.05, 4.69) is 41.4 Å². The van der Waals surface area contributed by atoms with Gasteiger partial charge < -0.3 is 15.8 Å². The van der Waals surface area contributed by atoms with Crippen LogP contribution < -0.4 is 11.1 Å². The monoisotopic (exact) mass is 359 g/mol. The smallest absolute Gasteiger partial charge is 0.237 e. The number of carbonyl (C=O) groups is 1. The van der Waals surface area contributed by atoms with E-state index in [1.165, 1.54) is 31.5 Å². The number of nitrogens with one attached hydrogen (secondary N) is 1. The molecule has 0 bridgehead atoms. The molecule has 2 atom stereocenters. The van der Waals surface area contributed by atoms with Gasteiger partial charge >= 0.3 is 0 Å². The van der Waals surface area contributed by atoms with Crippen LogP contribution in [0.15, 0.2) is 24.3 Å². The lowest BCUT2D eigenvalue weighted by atomic mass is 9.92. The van der Waals surface area contributed by atoms with E-state index in [9.17, 15) is 4.79 Å². The summed E-state index contributed by atoms with van der Waals surface area (Å²) in [6.07, 6.45) is 4.40. The van der Waals surface area contributed by atoms with Crippen molar-refractivity contribution in [3.8, 4) is 0 Å². The van der Waals surface area contributed by atoms with Crippen LogP contribution in [0.2, 0.25) is 0 Å². The molecule has 2 aliphatic rings. The van der Waals surface area contributed by atoms with E-state index >= 15 is 0 Å². The molecule has 0 aliphatic carbocycles. The summed E-state index contributed by atoms with van der Waals surface area (Å²) in [5.41, 5.74) is 8.58. The van der Waals surface area contributed by atoms with Crippen LogP contribution in [-0.4, -0.2) is 43.2 Å². The summed E-state index contributed by atoms with van der Waals surface area (Å²) in [4.78, 5) is 14.8. The zero-order valence-corrected chi connectivity index (χ0v) is 16.0. The van der Waals surface area contributed by atoms with Crippen LogP contribution in [0.3, 0.4) is 0 Å². The molecule has 2 fully saturated rings. The van der Waals surface area contributed by atoms with E-state index in [0.29, 0.717) is 19.8 Å². The zero-order valence-electron chi connectivity index (χ0n) is 16.0. The van der Waals surface area contributed by atoms with Gasteiger partial charge in [0.05, 0.1) is 6.04 Å². The van der Waals surface area contributed by atoms with E-state index in [-0.39, 0.29) is 11.8 Å². The first-order valence-corrected chi connectivity index (χ1v) is 10.0.